The molecule has 3 nitrogen and oxygen atoms in total. The number of aryl methyl sites for hydroxylation is 1. The summed E-state index contributed by atoms with van der Waals surface area (Å²) in [5.41, 5.74) is 2.07. The van der Waals surface area contributed by atoms with Crippen molar-refractivity contribution < 1.29 is 0 Å². The second kappa shape index (κ2) is 5.23. The zero-order valence-electron chi connectivity index (χ0n) is 9.67. The lowest BCUT2D eigenvalue weighted by Gasteiger charge is -2.10. The number of anilines is 1. The lowest BCUT2D eigenvalue weighted by atomic mass is 10.3. The van der Waals surface area contributed by atoms with E-state index in [1.165, 1.54) is 0 Å². The fourth-order valence-corrected chi connectivity index (χ4v) is 2.88. The van der Waals surface area contributed by atoms with Crippen molar-refractivity contribution in [2.24, 2.45) is 0 Å². The average molecular weight is 359 g/mol. The van der Waals surface area contributed by atoms with Crippen molar-refractivity contribution in [2.75, 3.05) is 11.9 Å². The maximum atomic E-state index is 4.46. The van der Waals surface area contributed by atoms with E-state index >= 15 is 0 Å². The highest BCUT2D eigenvalue weighted by Crippen LogP contribution is 2.27. The molecule has 5 heteroatoms. The van der Waals surface area contributed by atoms with Crippen LogP contribution in [0.5, 0.6) is 0 Å². The molecule has 0 saturated carbocycles. The van der Waals surface area contributed by atoms with E-state index in [9.17, 15) is 0 Å². The highest BCUT2D eigenvalue weighted by molar-refractivity contribution is 9.11. The van der Waals surface area contributed by atoms with Crippen molar-refractivity contribution >= 4 is 37.8 Å². The van der Waals surface area contributed by atoms with Crippen molar-refractivity contribution in [3.63, 3.8) is 0 Å². The van der Waals surface area contributed by atoms with Crippen LogP contribution in [0.1, 0.15) is 12.6 Å². The second-order valence-corrected chi connectivity index (χ2v) is 5.47. The van der Waals surface area contributed by atoms with Crippen LogP contribution in [-0.2, 0) is 0 Å². The van der Waals surface area contributed by atoms with Crippen LogP contribution in [-0.4, -0.2) is 16.1 Å². The second-order valence-electron chi connectivity index (χ2n) is 3.70. The Morgan fingerprint density at radius 3 is 2.76 bits per heavy atom. The SMILES string of the molecule is CCNc1nc(C)cn1-c1ccc(Br)cc1Br. The molecule has 0 radical (unpaired) electrons. The van der Waals surface area contributed by atoms with Gasteiger partial charge in [0.05, 0.1) is 11.4 Å². The van der Waals surface area contributed by atoms with Gasteiger partial charge in [-0.15, -0.1) is 0 Å². The summed E-state index contributed by atoms with van der Waals surface area (Å²) >= 11 is 7.02. The van der Waals surface area contributed by atoms with E-state index in [-0.39, 0.29) is 0 Å². The third kappa shape index (κ3) is 2.72. The smallest absolute Gasteiger partial charge is 0.207 e. The third-order valence-electron chi connectivity index (χ3n) is 2.33. The fraction of sp³-hybridized carbons (Fsp3) is 0.250. The molecule has 1 heterocycles. The molecule has 90 valence electrons. The van der Waals surface area contributed by atoms with Crippen LogP contribution < -0.4 is 5.32 Å². The monoisotopic (exact) mass is 357 g/mol. The zero-order chi connectivity index (χ0) is 12.4. The maximum absolute atomic E-state index is 4.46. The summed E-state index contributed by atoms with van der Waals surface area (Å²) in [6.07, 6.45) is 2.02. The Hall–Kier alpha value is -0.810. The van der Waals surface area contributed by atoms with Crippen LogP contribution in [0.15, 0.2) is 33.3 Å². The molecule has 0 fully saturated rings. The van der Waals surface area contributed by atoms with Gasteiger partial charge in [0.1, 0.15) is 0 Å². The van der Waals surface area contributed by atoms with Crippen molar-refractivity contribution in [1.29, 1.82) is 0 Å². The van der Waals surface area contributed by atoms with E-state index in [0.29, 0.717) is 0 Å². The summed E-state index contributed by atoms with van der Waals surface area (Å²) in [7, 11) is 0. The summed E-state index contributed by atoms with van der Waals surface area (Å²) < 4.78 is 4.13. The summed E-state index contributed by atoms with van der Waals surface area (Å²) in [5.74, 6) is 0.869. The maximum Gasteiger partial charge on any atom is 0.207 e. The van der Waals surface area contributed by atoms with Crippen LogP contribution in [0.3, 0.4) is 0 Å². The van der Waals surface area contributed by atoms with Crippen LogP contribution >= 0.6 is 31.9 Å². The number of hydrogen-bond donors (Lipinski definition) is 1. The molecule has 2 aromatic rings. The molecular formula is C12H13Br2N3. The zero-order valence-corrected chi connectivity index (χ0v) is 12.8. The first kappa shape index (κ1) is 12.6. The van der Waals surface area contributed by atoms with Gasteiger partial charge in [-0.25, -0.2) is 4.98 Å². The van der Waals surface area contributed by atoms with Gasteiger partial charge in [0, 0.05) is 21.7 Å². The Kier molecular flexibility index (Phi) is 3.89. The Labute approximate surface area is 118 Å². The Morgan fingerprint density at radius 2 is 2.12 bits per heavy atom. The normalized spacial score (nSPS) is 10.6. The van der Waals surface area contributed by atoms with Gasteiger partial charge in [-0.3, -0.25) is 4.57 Å². The number of rotatable bonds is 3. The van der Waals surface area contributed by atoms with Gasteiger partial charge in [0.2, 0.25) is 5.95 Å². The molecule has 0 amide bonds. The lowest BCUT2D eigenvalue weighted by molar-refractivity contribution is 1.02. The minimum Gasteiger partial charge on any atom is -0.356 e. The van der Waals surface area contributed by atoms with Crippen LogP contribution in [0.25, 0.3) is 5.69 Å². The highest BCUT2D eigenvalue weighted by Gasteiger charge is 2.09. The quantitative estimate of drug-likeness (QED) is 0.893. The molecule has 0 atom stereocenters. The van der Waals surface area contributed by atoms with E-state index in [4.69, 9.17) is 0 Å². The van der Waals surface area contributed by atoms with Crippen molar-refractivity contribution in [3.05, 3.63) is 39.0 Å². The Morgan fingerprint density at radius 1 is 1.35 bits per heavy atom. The predicted molar refractivity (Wildman–Crippen MR) is 77.9 cm³/mol. The number of aromatic nitrogens is 2. The first-order chi connectivity index (χ1) is 8.11. The topological polar surface area (TPSA) is 29.9 Å². The highest BCUT2D eigenvalue weighted by atomic mass is 79.9. The van der Waals surface area contributed by atoms with Gasteiger partial charge in [-0.2, -0.15) is 0 Å². The molecule has 2 rings (SSSR count). The van der Waals surface area contributed by atoms with E-state index in [0.717, 1.165) is 32.8 Å². The summed E-state index contributed by atoms with van der Waals surface area (Å²) in [4.78, 5) is 4.46. The van der Waals surface area contributed by atoms with E-state index < -0.39 is 0 Å². The van der Waals surface area contributed by atoms with E-state index in [1.807, 2.05) is 25.3 Å². The van der Waals surface area contributed by atoms with Crippen molar-refractivity contribution in [2.45, 2.75) is 13.8 Å². The number of halogens is 2. The predicted octanol–water partition coefficient (Wildman–Crippen LogP) is 4.14. The van der Waals surface area contributed by atoms with E-state index in [2.05, 4.69) is 59.7 Å². The van der Waals surface area contributed by atoms with Crippen LogP contribution in [0.4, 0.5) is 5.95 Å². The lowest BCUT2D eigenvalue weighted by Crippen LogP contribution is -2.05. The molecular weight excluding hydrogens is 346 g/mol. The minimum absolute atomic E-state index is 0.852. The summed E-state index contributed by atoms with van der Waals surface area (Å²) in [5, 5.41) is 3.26. The molecule has 0 unspecified atom stereocenters. The van der Waals surface area contributed by atoms with Gasteiger partial charge in [0.15, 0.2) is 0 Å². The Bertz CT molecular complexity index is 535. The molecule has 0 aliphatic rings. The standard InChI is InChI=1S/C12H13Br2N3/c1-3-15-12-16-8(2)7-17(12)11-5-4-9(13)6-10(11)14/h4-7H,3H2,1-2H3,(H,15,16). The number of benzene rings is 1. The molecule has 1 N–H and O–H groups in total. The largest absolute Gasteiger partial charge is 0.356 e. The van der Waals surface area contributed by atoms with Crippen LogP contribution in [0.2, 0.25) is 0 Å². The minimum atomic E-state index is 0.852. The van der Waals surface area contributed by atoms with E-state index in [1.54, 1.807) is 0 Å². The van der Waals surface area contributed by atoms with Gasteiger partial charge in [0.25, 0.3) is 0 Å². The molecule has 0 aliphatic heterocycles. The van der Waals surface area contributed by atoms with Gasteiger partial charge < -0.3 is 5.32 Å². The van der Waals surface area contributed by atoms with Crippen LogP contribution in [0, 0.1) is 6.92 Å². The molecule has 0 aliphatic carbocycles. The summed E-state index contributed by atoms with van der Waals surface area (Å²) in [6.45, 7) is 4.90. The van der Waals surface area contributed by atoms with Crippen molar-refractivity contribution in [1.82, 2.24) is 9.55 Å². The number of hydrogen-bond acceptors (Lipinski definition) is 2. The number of imidazole rings is 1. The summed E-state index contributed by atoms with van der Waals surface area (Å²) in [6, 6.07) is 6.10. The van der Waals surface area contributed by atoms with Gasteiger partial charge in [-0.1, -0.05) is 15.9 Å². The molecule has 17 heavy (non-hydrogen) atoms. The van der Waals surface area contributed by atoms with Gasteiger partial charge in [-0.05, 0) is 48.0 Å². The molecule has 1 aromatic carbocycles. The Balaban J connectivity index is 2.51. The van der Waals surface area contributed by atoms with Gasteiger partial charge >= 0.3 is 0 Å². The average Bonchev–Trinajstić information content (AvgIpc) is 2.60. The molecule has 0 spiro atoms. The first-order valence-corrected chi connectivity index (χ1v) is 6.95. The number of nitrogens with zero attached hydrogens (tertiary/aromatic N) is 2. The molecule has 0 saturated heterocycles. The van der Waals surface area contributed by atoms with Crippen molar-refractivity contribution in [3.8, 4) is 5.69 Å². The first-order valence-electron chi connectivity index (χ1n) is 5.37. The third-order valence-corrected chi connectivity index (χ3v) is 3.46. The fourth-order valence-electron chi connectivity index (χ4n) is 1.64. The molecule has 0 bridgehead atoms. The molecule has 1 aromatic heterocycles. The number of nitrogens with one attached hydrogen (secondary N) is 1.